The molecule has 0 aromatic rings. The average molecular weight is 187 g/mol. The minimum Gasteiger partial charge on any atom is -0.330 e. The zero-order valence-corrected chi connectivity index (χ0v) is 8.93. The average Bonchev–Trinajstić information content (AvgIpc) is 2.06. The van der Waals surface area contributed by atoms with Crippen LogP contribution in [0.25, 0.3) is 0 Å². The fraction of sp³-hybridized carbons (Fsp3) is 0.800. The van der Waals surface area contributed by atoms with Crippen LogP contribution in [0.4, 0.5) is 0 Å². The van der Waals surface area contributed by atoms with Gasteiger partial charge < -0.3 is 5.73 Å². The van der Waals surface area contributed by atoms with E-state index in [1.165, 1.54) is 39.5 Å². The molecule has 0 radical (unpaired) electrons. The molecule has 13 heavy (non-hydrogen) atoms. The molecule has 0 aromatic carbocycles. The van der Waals surface area contributed by atoms with Gasteiger partial charge in [0.25, 0.3) is 0 Å². The van der Waals surface area contributed by atoms with Crippen molar-refractivity contribution in [2.24, 2.45) is 5.73 Å². The first-order valence-corrected chi connectivity index (χ1v) is 4.77. The second kappa shape index (κ2) is 11.3. The first-order chi connectivity index (χ1) is 6.06. The standard InChI is InChI=1S/C6H15N.C4H6O2/c1-2-3-4-5-6-7;1-3(5)4(2)6/h2-7H2,1H3;1-2H3. The fourth-order valence-electron chi connectivity index (χ4n) is 0.571. The van der Waals surface area contributed by atoms with Crippen LogP contribution in [0.15, 0.2) is 0 Å². The third-order valence-electron chi connectivity index (χ3n) is 1.55. The predicted molar refractivity (Wildman–Crippen MR) is 54.6 cm³/mol. The van der Waals surface area contributed by atoms with E-state index in [-0.39, 0.29) is 11.6 Å². The lowest BCUT2D eigenvalue weighted by molar-refractivity contribution is -0.134. The van der Waals surface area contributed by atoms with E-state index in [0.29, 0.717) is 0 Å². The minimum atomic E-state index is -0.380. The lowest BCUT2D eigenvalue weighted by Gasteiger charge is -1.90. The number of hydrogen-bond acceptors (Lipinski definition) is 3. The molecular formula is C10H21NO2. The molecule has 0 saturated carbocycles. The van der Waals surface area contributed by atoms with Crippen molar-refractivity contribution in [3.8, 4) is 0 Å². The maximum atomic E-state index is 9.79. The number of hydrogen-bond donors (Lipinski definition) is 1. The van der Waals surface area contributed by atoms with Gasteiger partial charge in [-0.3, -0.25) is 9.59 Å². The molecule has 0 spiro atoms. The second-order valence-corrected chi connectivity index (χ2v) is 2.96. The summed E-state index contributed by atoms with van der Waals surface area (Å²) in [6.07, 6.45) is 5.16. The number of nitrogens with two attached hydrogens (primary N) is 1. The number of Topliss-reactive ketones (excluding diaryl/α,β-unsaturated/α-hetero) is 2. The molecule has 3 nitrogen and oxygen atoms in total. The molecule has 3 heteroatoms. The van der Waals surface area contributed by atoms with Crippen LogP contribution in [-0.4, -0.2) is 18.1 Å². The summed E-state index contributed by atoms with van der Waals surface area (Å²) < 4.78 is 0. The molecule has 0 unspecified atom stereocenters. The third kappa shape index (κ3) is 18.3. The molecule has 0 heterocycles. The highest BCUT2D eigenvalue weighted by molar-refractivity contribution is 6.35. The first-order valence-electron chi connectivity index (χ1n) is 4.77. The van der Waals surface area contributed by atoms with Crippen molar-refractivity contribution in [3.05, 3.63) is 0 Å². The van der Waals surface area contributed by atoms with Gasteiger partial charge in [0.15, 0.2) is 11.6 Å². The molecule has 0 saturated heterocycles. The largest absolute Gasteiger partial charge is 0.330 e. The van der Waals surface area contributed by atoms with Crippen molar-refractivity contribution < 1.29 is 9.59 Å². The Bertz CT molecular complexity index is 128. The zero-order chi connectivity index (χ0) is 10.7. The van der Waals surface area contributed by atoms with Crippen molar-refractivity contribution in [1.29, 1.82) is 0 Å². The summed E-state index contributed by atoms with van der Waals surface area (Å²) in [4.78, 5) is 19.6. The van der Waals surface area contributed by atoms with Crippen LogP contribution in [0.2, 0.25) is 0 Å². The van der Waals surface area contributed by atoms with E-state index >= 15 is 0 Å². The van der Waals surface area contributed by atoms with Crippen molar-refractivity contribution in [2.45, 2.75) is 46.5 Å². The summed E-state index contributed by atoms with van der Waals surface area (Å²) in [7, 11) is 0. The van der Waals surface area contributed by atoms with Gasteiger partial charge in [-0.2, -0.15) is 0 Å². The Morgan fingerprint density at radius 3 is 1.69 bits per heavy atom. The Hall–Kier alpha value is -0.700. The molecule has 0 atom stereocenters. The number of carbonyl (C=O) groups is 2. The maximum Gasteiger partial charge on any atom is 0.195 e. The Morgan fingerprint density at radius 2 is 1.46 bits per heavy atom. The van der Waals surface area contributed by atoms with Crippen LogP contribution >= 0.6 is 0 Å². The van der Waals surface area contributed by atoms with E-state index in [9.17, 15) is 9.59 Å². The molecule has 0 aliphatic heterocycles. The van der Waals surface area contributed by atoms with Crippen LogP contribution in [-0.2, 0) is 9.59 Å². The third-order valence-corrected chi connectivity index (χ3v) is 1.55. The minimum absolute atomic E-state index is 0.380. The molecule has 0 aromatic heterocycles. The van der Waals surface area contributed by atoms with Crippen molar-refractivity contribution >= 4 is 11.6 Å². The molecular weight excluding hydrogens is 166 g/mol. The summed E-state index contributed by atoms with van der Waals surface area (Å²) in [5.41, 5.74) is 5.27. The van der Waals surface area contributed by atoms with E-state index in [1.54, 1.807) is 0 Å². The second-order valence-electron chi connectivity index (χ2n) is 2.96. The summed E-state index contributed by atoms with van der Waals surface area (Å²) >= 11 is 0. The van der Waals surface area contributed by atoms with E-state index < -0.39 is 0 Å². The monoisotopic (exact) mass is 187 g/mol. The maximum absolute atomic E-state index is 9.79. The molecule has 78 valence electrons. The van der Waals surface area contributed by atoms with Crippen LogP contribution in [0, 0.1) is 0 Å². The first kappa shape index (κ1) is 14.8. The van der Waals surface area contributed by atoms with Gasteiger partial charge in [0.2, 0.25) is 0 Å². The van der Waals surface area contributed by atoms with Gasteiger partial charge in [0, 0.05) is 13.8 Å². The predicted octanol–water partition coefficient (Wildman–Crippen LogP) is 1.69. The highest BCUT2D eigenvalue weighted by Gasteiger charge is 1.94. The lowest BCUT2D eigenvalue weighted by Crippen LogP contribution is -2.01. The Balaban J connectivity index is 0. The van der Waals surface area contributed by atoms with E-state index in [2.05, 4.69) is 6.92 Å². The Kier molecular flexibility index (Phi) is 12.9. The van der Waals surface area contributed by atoms with Gasteiger partial charge in [-0.1, -0.05) is 26.2 Å². The van der Waals surface area contributed by atoms with E-state index in [0.717, 1.165) is 6.54 Å². The smallest absolute Gasteiger partial charge is 0.195 e. The molecule has 0 amide bonds. The van der Waals surface area contributed by atoms with Gasteiger partial charge in [-0.25, -0.2) is 0 Å². The highest BCUT2D eigenvalue weighted by atomic mass is 16.2. The fourth-order valence-corrected chi connectivity index (χ4v) is 0.571. The van der Waals surface area contributed by atoms with E-state index in [4.69, 9.17) is 5.73 Å². The molecule has 0 rings (SSSR count). The number of ketones is 2. The molecule has 2 N–H and O–H groups in total. The van der Waals surface area contributed by atoms with Crippen molar-refractivity contribution in [3.63, 3.8) is 0 Å². The van der Waals surface area contributed by atoms with Crippen LogP contribution in [0.1, 0.15) is 46.5 Å². The Morgan fingerprint density at radius 1 is 1.00 bits per heavy atom. The quantitative estimate of drug-likeness (QED) is 0.526. The number of carbonyl (C=O) groups excluding carboxylic acids is 2. The van der Waals surface area contributed by atoms with Crippen LogP contribution < -0.4 is 5.73 Å². The van der Waals surface area contributed by atoms with Gasteiger partial charge in [-0.15, -0.1) is 0 Å². The van der Waals surface area contributed by atoms with E-state index in [1.807, 2.05) is 0 Å². The zero-order valence-electron chi connectivity index (χ0n) is 8.93. The summed E-state index contributed by atoms with van der Waals surface area (Å²) in [6.45, 7) is 5.57. The normalized spacial score (nSPS) is 8.62. The van der Waals surface area contributed by atoms with Gasteiger partial charge in [-0.05, 0) is 13.0 Å². The lowest BCUT2D eigenvalue weighted by atomic mass is 10.2. The summed E-state index contributed by atoms with van der Waals surface area (Å²) in [6, 6.07) is 0. The number of rotatable bonds is 5. The highest BCUT2D eigenvalue weighted by Crippen LogP contribution is 1.95. The molecule has 0 aliphatic rings. The van der Waals surface area contributed by atoms with Crippen LogP contribution in [0.3, 0.4) is 0 Å². The summed E-state index contributed by atoms with van der Waals surface area (Å²) in [5.74, 6) is -0.759. The molecule has 0 bridgehead atoms. The van der Waals surface area contributed by atoms with Crippen molar-refractivity contribution in [2.75, 3.05) is 6.54 Å². The van der Waals surface area contributed by atoms with Gasteiger partial charge >= 0.3 is 0 Å². The van der Waals surface area contributed by atoms with Gasteiger partial charge in [0.1, 0.15) is 0 Å². The number of unbranched alkanes of at least 4 members (excludes halogenated alkanes) is 3. The van der Waals surface area contributed by atoms with Gasteiger partial charge in [0.05, 0.1) is 0 Å². The SMILES string of the molecule is CC(=O)C(C)=O.CCCCCCN. The van der Waals surface area contributed by atoms with Crippen LogP contribution in [0.5, 0.6) is 0 Å². The molecule has 0 fully saturated rings. The molecule has 0 aliphatic carbocycles. The Labute approximate surface area is 80.7 Å². The summed E-state index contributed by atoms with van der Waals surface area (Å²) in [5, 5.41) is 0. The van der Waals surface area contributed by atoms with Crippen molar-refractivity contribution in [1.82, 2.24) is 0 Å². The topological polar surface area (TPSA) is 60.2 Å².